The van der Waals surface area contributed by atoms with Crippen LogP contribution < -0.4 is 0 Å². The maximum Gasteiger partial charge on any atom is 0.221 e. The van der Waals surface area contributed by atoms with Crippen molar-refractivity contribution in [3.63, 3.8) is 0 Å². The minimum Gasteiger partial charge on any atom is -0.445 e. The molecular formula is C11H8N2O. The molecule has 3 nitrogen and oxygen atoms in total. The van der Waals surface area contributed by atoms with Crippen molar-refractivity contribution in [3.05, 3.63) is 48.9 Å². The van der Waals surface area contributed by atoms with Gasteiger partial charge in [0.1, 0.15) is 6.26 Å². The van der Waals surface area contributed by atoms with Crippen molar-refractivity contribution in [1.82, 2.24) is 9.61 Å². The molecule has 1 aromatic carbocycles. The molecule has 2 heterocycles. The molecule has 0 amide bonds. The molecule has 0 fully saturated rings. The largest absolute Gasteiger partial charge is 0.445 e. The Morgan fingerprint density at radius 2 is 2.00 bits per heavy atom. The molecule has 68 valence electrons. The van der Waals surface area contributed by atoms with Gasteiger partial charge in [-0.3, -0.25) is 0 Å². The van der Waals surface area contributed by atoms with Gasteiger partial charge in [0.25, 0.3) is 0 Å². The van der Waals surface area contributed by atoms with Gasteiger partial charge < -0.3 is 4.42 Å². The summed E-state index contributed by atoms with van der Waals surface area (Å²) in [6.45, 7) is 0. The maximum atomic E-state index is 5.22. The number of oxazole rings is 1. The molecule has 0 radical (unpaired) electrons. The van der Waals surface area contributed by atoms with Crippen LogP contribution in [0, 0.1) is 0 Å². The topological polar surface area (TPSA) is 30.4 Å². The summed E-state index contributed by atoms with van der Waals surface area (Å²) >= 11 is 0. The van der Waals surface area contributed by atoms with Gasteiger partial charge in [0, 0.05) is 11.6 Å². The molecule has 0 bridgehead atoms. The Balaban J connectivity index is 2.19. The van der Waals surface area contributed by atoms with E-state index in [0.717, 1.165) is 17.0 Å². The predicted molar refractivity (Wildman–Crippen MR) is 52.9 cm³/mol. The van der Waals surface area contributed by atoms with E-state index in [0.29, 0.717) is 0 Å². The zero-order chi connectivity index (χ0) is 9.38. The Morgan fingerprint density at radius 1 is 1.14 bits per heavy atom. The summed E-state index contributed by atoms with van der Waals surface area (Å²) in [6, 6.07) is 12.0. The summed E-state index contributed by atoms with van der Waals surface area (Å²) < 4.78 is 6.95. The first-order valence-electron chi connectivity index (χ1n) is 4.42. The quantitative estimate of drug-likeness (QED) is 0.582. The molecule has 3 aromatic rings. The van der Waals surface area contributed by atoms with Crippen molar-refractivity contribution < 1.29 is 4.42 Å². The van der Waals surface area contributed by atoms with E-state index in [1.807, 2.05) is 36.4 Å². The molecule has 0 aliphatic heterocycles. The number of benzene rings is 1. The van der Waals surface area contributed by atoms with Gasteiger partial charge in [0.15, 0.2) is 0 Å². The Kier molecular flexibility index (Phi) is 1.44. The third-order valence-corrected chi connectivity index (χ3v) is 2.16. The molecule has 0 aliphatic carbocycles. The second-order valence-corrected chi connectivity index (χ2v) is 3.08. The minimum atomic E-state index is 0.767. The SMILES string of the molecule is c1ccc(-c2cc3occn3n2)cc1. The van der Waals surface area contributed by atoms with Gasteiger partial charge in [0.2, 0.25) is 5.71 Å². The summed E-state index contributed by atoms with van der Waals surface area (Å²) in [4.78, 5) is 0. The van der Waals surface area contributed by atoms with Gasteiger partial charge >= 0.3 is 0 Å². The van der Waals surface area contributed by atoms with Crippen LogP contribution in [0.4, 0.5) is 0 Å². The predicted octanol–water partition coefficient (Wildman–Crippen LogP) is 2.59. The van der Waals surface area contributed by atoms with Gasteiger partial charge in [-0.25, -0.2) is 4.52 Å². The summed E-state index contributed by atoms with van der Waals surface area (Å²) in [5.74, 6) is 0. The Hall–Kier alpha value is -2.03. The molecule has 3 heteroatoms. The summed E-state index contributed by atoms with van der Waals surface area (Å²) in [6.07, 6.45) is 3.42. The first-order valence-corrected chi connectivity index (χ1v) is 4.42. The van der Waals surface area contributed by atoms with E-state index in [1.165, 1.54) is 0 Å². The summed E-state index contributed by atoms with van der Waals surface area (Å²) in [7, 11) is 0. The van der Waals surface area contributed by atoms with Crippen LogP contribution in [0.15, 0.2) is 53.3 Å². The third kappa shape index (κ3) is 1.03. The van der Waals surface area contributed by atoms with Crippen LogP contribution in [0.3, 0.4) is 0 Å². The highest BCUT2D eigenvalue weighted by molar-refractivity contribution is 5.62. The van der Waals surface area contributed by atoms with E-state index in [4.69, 9.17) is 4.42 Å². The minimum absolute atomic E-state index is 0.767. The average molecular weight is 184 g/mol. The molecule has 14 heavy (non-hydrogen) atoms. The van der Waals surface area contributed by atoms with Crippen LogP contribution >= 0.6 is 0 Å². The number of rotatable bonds is 1. The standard InChI is InChI=1S/C11H8N2O/c1-2-4-9(5-3-1)10-8-11-13(12-10)6-7-14-11/h1-8H. The fourth-order valence-electron chi connectivity index (χ4n) is 1.48. The van der Waals surface area contributed by atoms with Crippen molar-refractivity contribution in [2.45, 2.75) is 0 Å². The van der Waals surface area contributed by atoms with Crippen molar-refractivity contribution >= 4 is 5.71 Å². The van der Waals surface area contributed by atoms with E-state index in [1.54, 1.807) is 17.0 Å². The Bertz CT molecular complexity index is 522. The van der Waals surface area contributed by atoms with Gasteiger partial charge in [-0.2, -0.15) is 5.10 Å². The maximum absolute atomic E-state index is 5.22. The molecule has 0 atom stereocenters. The molecule has 0 unspecified atom stereocenters. The van der Waals surface area contributed by atoms with Crippen LogP contribution in [-0.2, 0) is 0 Å². The van der Waals surface area contributed by atoms with Crippen LogP contribution in [0.5, 0.6) is 0 Å². The molecule has 0 spiro atoms. The highest BCUT2D eigenvalue weighted by atomic mass is 16.3. The zero-order valence-corrected chi connectivity index (χ0v) is 7.42. The normalized spacial score (nSPS) is 10.9. The van der Waals surface area contributed by atoms with Crippen LogP contribution in [0.25, 0.3) is 17.0 Å². The Labute approximate surface area is 80.6 Å². The lowest BCUT2D eigenvalue weighted by molar-refractivity contribution is 0.606. The molecule has 0 aliphatic rings. The van der Waals surface area contributed by atoms with Crippen LogP contribution in [-0.4, -0.2) is 9.61 Å². The van der Waals surface area contributed by atoms with Gasteiger partial charge in [-0.15, -0.1) is 0 Å². The molecular weight excluding hydrogens is 176 g/mol. The third-order valence-electron chi connectivity index (χ3n) is 2.16. The lowest BCUT2D eigenvalue weighted by atomic mass is 10.2. The van der Waals surface area contributed by atoms with E-state index in [9.17, 15) is 0 Å². The lowest BCUT2D eigenvalue weighted by Gasteiger charge is -1.92. The van der Waals surface area contributed by atoms with Crippen molar-refractivity contribution in [2.75, 3.05) is 0 Å². The van der Waals surface area contributed by atoms with Gasteiger partial charge in [0.05, 0.1) is 11.9 Å². The smallest absolute Gasteiger partial charge is 0.221 e. The monoisotopic (exact) mass is 184 g/mol. The lowest BCUT2D eigenvalue weighted by Crippen LogP contribution is -1.81. The Morgan fingerprint density at radius 3 is 2.79 bits per heavy atom. The number of fused-ring (bicyclic) bond motifs is 1. The molecule has 3 rings (SSSR count). The van der Waals surface area contributed by atoms with Crippen molar-refractivity contribution in [2.24, 2.45) is 0 Å². The second-order valence-electron chi connectivity index (χ2n) is 3.08. The van der Waals surface area contributed by atoms with Gasteiger partial charge in [-0.1, -0.05) is 30.3 Å². The first kappa shape index (κ1) is 7.38. The number of hydrogen-bond donors (Lipinski definition) is 0. The highest BCUT2D eigenvalue weighted by Gasteiger charge is 2.04. The van der Waals surface area contributed by atoms with E-state index in [-0.39, 0.29) is 0 Å². The van der Waals surface area contributed by atoms with E-state index < -0.39 is 0 Å². The van der Waals surface area contributed by atoms with Crippen LogP contribution in [0.2, 0.25) is 0 Å². The fourth-order valence-corrected chi connectivity index (χ4v) is 1.48. The number of aromatic nitrogens is 2. The van der Waals surface area contributed by atoms with E-state index >= 15 is 0 Å². The highest BCUT2D eigenvalue weighted by Crippen LogP contribution is 2.19. The second kappa shape index (κ2) is 2.73. The summed E-state index contributed by atoms with van der Waals surface area (Å²) in [5.41, 5.74) is 2.81. The summed E-state index contributed by atoms with van der Waals surface area (Å²) in [5, 5.41) is 4.37. The van der Waals surface area contributed by atoms with Gasteiger partial charge in [-0.05, 0) is 0 Å². The van der Waals surface area contributed by atoms with Crippen molar-refractivity contribution in [1.29, 1.82) is 0 Å². The average Bonchev–Trinajstić information content (AvgIpc) is 2.78. The molecule has 0 N–H and O–H groups in total. The molecule has 2 aromatic heterocycles. The first-order chi connectivity index (χ1) is 6.93. The van der Waals surface area contributed by atoms with E-state index in [2.05, 4.69) is 5.10 Å². The van der Waals surface area contributed by atoms with Crippen LogP contribution in [0.1, 0.15) is 0 Å². The fraction of sp³-hybridized carbons (Fsp3) is 0. The number of hydrogen-bond acceptors (Lipinski definition) is 2. The van der Waals surface area contributed by atoms with Crippen molar-refractivity contribution in [3.8, 4) is 11.3 Å². The molecule has 0 saturated carbocycles. The zero-order valence-electron chi connectivity index (χ0n) is 7.42. The number of nitrogens with zero attached hydrogens (tertiary/aromatic N) is 2. The molecule has 0 saturated heterocycles.